The molecule has 7 heteroatoms. The normalized spacial score (nSPS) is 16.8. The van der Waals surface area contributed by atoms with Gasteiger partial charge in [-0.2, -0.15) is 0 Å². The Bertz CT molecular complexity index is 788. The number of aromatic nitrogens is 1. The van der Waals surface area contributed by atoms with Gasteiger partial charge in [0, 0.05) is 23.7 Å². The van der Waals surface area contributed by atoms with Crippen LogP contribution in [0.25, 0.3) is 10.9 Å². The lowest BCUT2D eigenvalue weighted by atomic mass is 9.78. The number of hydrogen-bond acceptors (Lipinski definition) is 4. The lowest BCUT2D eigenvalue weighted by molar-refractivity contribution is 0.251. The van der Waals surface area contributed by atoms with Crippen molar-refractivity contribution in [2.75, 3.05) is 6.54 Å². The van der Waals surface area contributed by atoms with E-state index in [9.17, 15) is 8.42 Å². The van der Waals surface area contributed by atoms with E-state index in [1.54, 1.807) is 30.5 Å². The first-order chi connectivity index (χ1) is 9.91. The molecular formula is C15H20ClN3O2S. The molecule has 3 N–H and O–H groups in total. The van der Waals surface area contributed by atoms with Crippen LogP contribution in [-0.2, 0) is 10.0 Å². The van der Waals surface area contributed by atoms with Crippen molar-refractivity contribution in [1.29, 1.82) is 0 Å². The molecule has 0 atom stereocenters. The fraction of sp³-hybridized carbons (Fsp3) is 0.400. The molecule has 1 aromatic heterocycles. The Balaban J connectivity index is 0.00000176. The van der Waals surface area contributed by atoms with Gasteiger partial charge in [-0.1, -0.05) is 6.07 Å². The predicted molar refractivity (Wildman–Crippen MR) is 89.7 cm³/mol. The Morgan fingerprint density at radius 2 is 2.05 bits per heavy atom. The van der Waals surface area contributed by atoms with Crippen LogP contribution < -0.4 is 10.5 Å². The molecule has 1 aliphatic rings. The van der Waals surface area contributed by atoms with Gasteiger partial charge in [0.05, 0.1) is 10.4 Å². The molecular weight excluding hydrogens is 322 g/mol. The number of halogens is 1. The highest BCUT2D eigenvalue weighted by Gasteiger charge is 2.34. The summed E-state index contributed by atoms with van der Waals surface area (Å²) in [5.41, 5.74) is 7.37. The third-order valence-corrected chi connectivity index (χ3v) is 5.64. The Kier molecular flexibility index (Phi) is 4.77. The minimum absolute atomic E-state index is 0. The van der Waals surface area contributed by atoms with Crippen molar-refractivity contribution in [3.8, 4) is 0 Å². The molecule has 1 aromatic carbocycles. The first-order valence-electron chi connectivity index (χ1n) is 7.04. The highest BCUT2D eigenvalue weighted by molar-refractivity contribution is 7.89. The van der Waals surface area contributed by atoms with E-state index in [0.29, 0.717) is 10.9 Å². The minimum Gasteiger partial charge on any atom is -0.324 e. The zero-order valence-corrected chi connectivity index (χ0v) is 14.0. The van der Waals surface area contributed by atoms with Crippen LogP contribution in [0.5, 0.6) is 0 Å². The van der Waals surface area contributed by atoms with Gasteiger partial charge in [0.15, 0.2) is 0 Å². The number of pyridine rings is 1. The van der Waals surface area contributed by atoms with Crippen LogP contribution in [0.15, 0.2) is 35.4 Å². The van der Waals surface area contributed by atoms with Crippen molar-refractivity contribution in [2.45, 2.75) is 36.6 Å². The van der Waals surface area contributed by atoms with Gasteiger partial charge in [0.1, 0.15) is 0 Å². The molecule has 5 nitrogen and oxygen atoms in total. The maximum absolute atomic E-state index is 12.5. The van der Waals surface area contributed by atoms with Crippen molar-refractivity contribution in [2.24, 2.45) is 5.73 Å². The number of fused-ring (bicyclic) bond motifs is 1. The molecule has 22 heavy (non-hydrogen) atoms. The van der Waals surface area contributed by atoms with Crippen LogP contribution in [0.2, 0.25) is 0 Å². The third-order valence-electron chi connectivity index (χ3n) is 4.18. The maximum atomic E-state index is 12.5. The summed E-state index contributed by atoms with van der Waals surface area (Å²) in [6.07, 6.45) is 4.47. The predicted octanol–water partition coefficient (Wildman–Crippen LogP) is 2.12. The molecule has 0 amide bonds. The van der Waals surface area contributed by atoms with Crippen molar-refractivity contribution in [3.05, 3.63) is 36.0 Å². The fourth-order valence-electron chi connectivity index (χ4n) is 2.65. The Morgan fingerprint density at radius 1 is 1.32 bits per heavy atom. The molecule has 120 valence electrons. The van der Waals surface area contributed by atoms with Gasteiger partial charge in [0.2, 0.25) is 10.0 Å². The van der Waals surface area contributed by atoms with Gasteiger partial charge < -0.3 is 5.73 Å². The molecule has 0 bridgehead atoms. The Labute approximate surface area is 136 Å². The number of nitrogens with one attached hydrogen (secondary N) is 1. The van der Waals surface area contributed by atoms with Crippen LogP contribution in [0.3, 0.4) is 0 Å². The summed E-state index contributed by atoms with van der Waals surface area (Å²) in [7, 11) is -3.58. The third kappa shape index (κ3) is 3.10. The number of benzene rings is 1. The molecule has 3 rings (SSSR count). The van der Waals surface area contributed by atoms with Gasteiger partial charge in [-0.15, -0.1) is 12.4 Å². The van der Waals surface area contributed by atoms with Crippen molar-refractivity contribution >= 4 is 33.3 Å². The number of sulfonamides is 1. The van der Waals surface area contributed by atoms with E-state index in [0.717, 1.165) is 24.8 Å². The maximum Gasteiger partial charge on any atom is 0.241 e. The van der Waals surface area contributed by atoms with E-state index < -0.39 is 10.0 Å². The van der Waals surface area contributed by atoms with Crippen molar-refractivity contribution in [3.63, 3.8) is 0 Å². The lowest BCUT2D eigenvalue weighted by Gasteiger charge is -2.38. The SMILES string of the molecule is Cc1ccc(S(=O)(=O)NCC2(N)CCC2)c2cccnc12.Cl. The van der Waals surface area contributed by atoms with Crippen LogP contribution in [-0.4, -0.2) is 25.5 Å². The average molecular weight is 342 g/mol. The number of hydrogen-bond donors (Lipinski definition) is 2. The summed E-state index contributed by atoms with van der Waals surface area (Å²) in [5.74, 6) is 0. The van der Waals surface area contributed by atoms with E-state index in [1.807, 2.05) is 6.92 Å². The standard InChI is InChI=1S/C15H19N3O2S.ClH/c1-11-5-6-13(12-4-2-9-17-14(11)12)21(19,20)18-10-15(16)7-3-8-15;/h2,4-6,9,18H,3,7-8,10,16H2,1H3;1H. The average Bonchev–Trinajstić information content (AvgIpc) is 2.43. The lowest BCUT2D eigenvalue weighted by Crippen LogP contribution is -2.54. The van der Waals surface area contributed by atoms with Gasteiger partial charge in [-0.3, -0.25) is 4.98 Å². The molecule has 1 saturated carbocycles. The topological polar surface area (TPSA) is 85.1 Å². The van der Waals surface area contributed by atoms with Crippen LogP contribution in [0.1, 0.15) is 24.8 Å². The van der Waals surface area contributed by atoms with Crippen molar-refractivity contribution < 1.29 is 8.42 Å². The smallest absolute Gasteiger partial charge is 0.241 e. The van der Waals surface area contributed by atoms with Crippen LogP contribution >= 0.6 is 12.4 Å². The van der Waals surface area contributed by atoms with E-state index in [4.69, 9.17) is 5.73 Å². The van der Waals surface area contributed by atoms with E-state index in [2.05, 4.69) is 9.71 Å². The molecule has 1 heterocycles. The monoisotopic (exact) mass is 341 g/mol. The number of rotatable bonds is 4. The quantitative estimate of drug-likeness (QED) is 0.892. The molecule has 1 aliphatic carbocycles. The number of aryl methyl sites for hydroxylation is 1. The number of nitrogens with zero attached hydrogens (tertiary/aromatic N) is 1. The molecule has 2 aromatic rings. The second kappa shape index (κ2) is 6.12. The first kappa shape index (κ1) is 17.1. The van der Waals surface area contributed by atoms with Gasteiger partial charge >= 0.3 is 0 Å². The van der Waals surface area contributed by atoms with Gasteiger partial charge in [-0.25, -0.2) is 13.1 Å². The zero-order valence-electron chi connectivity index (χ0n) is 12.4. The molecule has 0 aliphatic heterocycles. The van der Waals surface area contributed by atoms with E-state index >= 15 is 0 Å². The summed E-state index contributed by atoms with van der Waals surface area (Å²) in [6.45, 7) is 2.20. The molecule has 0 radical (unpaired) electrons. The summed E-state index contributed by atoms with van der Waals surface area (Å²) in [4.78, 5) is 4.54. The van der Waals surface area contributed by atoms with Crippen LogP contribution in [0, 0.1) is 6.92 Å². The zero-order chi connectivity index (χ0) is 15.1. The highest BCUT2D eigenvalue weighted by atomic mass is 35.5. The van der Waals surface area contributed by atoms with Crippen molar-refractivity contribution in [1.82, 2.24) is 9.71 Å². The van der Waals surface area contributed by atoms with Crippen LogP contribution in [0.4, 0.5) is 0 Å². The van der Waals surface area contributed by atoms with E-state index in [-0.39, 0.29) is 29.4 Å². The molecule has 1 fully saturated rings. The largest absolute Gasteiger partial charge is 0.324 e. The molecule has 0 saturated heterocycles. The molecule has 0 unspecified atom stereocenters. The summed E-state index contributed by atoms with van der Waals surface area (Å²) in [6, 6.07) is 6.94. The first-order valence-corrected chi connectivity index (χ1v) is 8.53. The summed E-state index contributed by atoms with van der Waals surface area (Å²) >= 11 is 0. The minimum atomic E-state index is -3.58. The highest BCUT2D eigenvalue weighted by Crippen LogP contribution is 2.29. The summed E-state index contributed by atoms with van der Waals surface area (Å²) in [5, 5.41) is 0.643. The Morgan fingerprint density at radius 3 is 2.68 bits per heavy atom. The fourth-order valence-corrected chi connectivity index (χ4v) is 3.98. The molecule has 0 spiro atoms. The van der Waals surface area contributed by atoms with Gasteiger partial charge in [-0.05, 0) is 49.9 Å². The number of nitrogens with two attached hydrogens (primary N) is 1. The second-order valence-electron chi connectivity index (χ2n) is 5.82. The van der Waals surface area contributed by atoms with Gasteiger partial charge in [0.25, 0.3) is 0 Å². The second-order valence-corrected chi connectivity index (χ2v) is 7.56. The van der Waals surface area contributed by atoms with E-state index in [1.165, 1.54) is 0 Å². The summed E-state index contributed by atoms with van der Waals surface area (Å²) < 4.78 is 27.7. The Hall–Kier alpha value is -1.21.